The van der Waals surface area contributed by atoms with Gasteiger partial charge in [-0.25, -0.2) is 0 Å². The van der Waals surface area contributed by atoms with Crippen LogP contribution in [0.5, 0.6) is 0 Å². The maximum Gasteiger partial charge on any atom is 0.250 e. The summed E-state index contributed by atoms with van der Waals surface area (Å²) in [6, 6.07) is 1.95. The summed E-state index contributed by atoms with van der Waals surface area (Å²) in [6.45, 7) is 2.80. The number of amides is 2. The molecule has 2 fully saturated rings. The molecular weight excluding hydrogens is 270 g/mol. The monoisotopic (exact) mass is 291 g/mol. The van der Waals surface area contributed by atoms with Gasteiger partial charge in [-0.15, -0.1) is 0 Å². The van der Waals surface area contributed by atoms with Gasteiger partial charge < -0.3 is 10.6 Å². The zero-order valence-electron chi connectivity index (χ0n) is 12.4. The van der Waals surface area contributed by atoms with Crippen LogP contribution in [0.2, 0.25) is 0 Å². The van der Waals surface area contributed by atoms with Crippen LogP contribution in [0.15, 0.2) is 6.07 Å². The highest BCUT2D eigenvalue weighted by atomic mass is 16.2. The molecule has 1 saturated heterocycles. The fourth-order valence-electron chi connectivity index (χ4n) is 2.66. The van der Waals surface area contributed by atoms with Crippen LogP contribution in [0.4, 0.5) is 5.82 Å². The molecule has 2 N–H and O–H groups in total. The number of hydrogen-bond donors (Lipinski definition) is 2. The predicted molar refractivity (Wildman–Crippen MR) is 77.9 cm³/mol. The summed E-state index contributed by atoms with van der Waals surface area (Å²) < 4.78 is 1.70. The second kappa shape index (κ2) is 5.48. The molecule has 1 saturated carbocycles. The third kappa shape index (κ3) is 3.07. The van der Waals surface area contributed by atoms with Crippen LogP contribution >= 0.6 is 0 Å². The molecule has 7 nitrogen and oxygen atoms in total. The van der Waals surface area contributed by atoms with Crippen molar-refractivity contribution in [2.45, 2.75) is 38.3 Å². The molecule has 0 unspecified atom stereocenters. The van der Waals surface area contributed by atoms with Gasteiger partial charge in [-0.2, -0.15) is 5.10 Å². The van der Waals surface area contributed by atoms with Crippen molar-refractivity contribution in [1.29, 1.82) is 0 Å². The van der Waals surface area contributed by atoms with Crippen molar-refractivity contribution in [2.75, 3.05) is 18.0 Å². The standard InChI is InChI=1S/C14H21N5O2/c1-9-7-13(18(2)17-9)19-6-5-11(14(19)21)16-12(20)8-15-10-3-4-10/h7,10-11,15H,3-6,8H2,1-2H3,(H,16,20)/t11-/m1/s1. The fraction of sp³-hybridized carbons (Fsp3) is 0.643. The molecule has 1 aromatic rings. The second-order valence-corrected chi connectivity index (χ2v) is 5.82. The summed E-state index contributed by atoms with van der Waals surface area (Å²) in [5, 5.41) is 10.2. The molecule has 2 amide bonds. The van der Waals surface area contributed by atoms with E-state index in [4.69, 9.17) is 0 Å². The molecule has 2 heterocycles. The zero-order valence-corrected chi connectivity index (χ0v) is 12.4. The van der Waals surface area contributed by atoms with Crippen LogP contribution in [0.3, 0.4) is 0 Å². The molecule has 0 aromatic carbocycles. The lowest BCUT2D eigenvalue weighted by molar-refractivity contribution is -0.125. The smallest absolute Gasteiger partial charge is 0.250 e. The first-order valence-corrected chi connectivity index (χ1v) is 7.39. The van der Waals surface area contributed by atoms with Crippen molar-refractivity contribution in [3.63, 3.8) is 0 Å². The van der Waals surface area contributed by atoms with Gasteiger partial charge in [-0.1, -0.05) is 0 Å². The van der Waals surface area contributed by atoms with E-state index in [0.717, 1.165) is 24.4 Å². The van der Waals surface area contributed by atoms with Crippen molar-refractivity contribution >= 4 is 17.6 Å². The Labute approximate surface area is 123 Å². The fourth-order valence-corrected chi connectivity index (χ4v) is 2.66. The molecule has 0 bridgehead atoms. The Bertz CT molecular complexity index is 564. The normalized spacial score (nSPS) is 21.9. The summed E-state index contributed by atoms with van der Waals surface area (Å²) in [6.07, 6.45) is 2.92. The average molecular weight is 291 g/mol. The molecule has 1 atom stereocenters. The molecule has 7 heteroatoms. The van der Waals surface area contributed by atoms with E-state index in [2.05, 4.69) is 15.7 Å². The van der Waals surface area contributed by atoms with E-state index < -0.39 is 6.04 Å². The molecule has 1 aliphatic carbocycles. The first-order valence-electron chi connectivity index (χ1n) is 7.39. The van der Waals surface area contributed by atoms with E-state index in [1.807, 2.05) is 20.0 Å². The minimum Gasteiger partial charge on any atom is -0.343 e. The number of nitrogens with zero attached hydrogens (tertiary/aromatic N) is 3. The van der Waals surface area contributed by atoms with Crippen LogP contribution in [0.1, 0.15) is 25.0 Å². The molecule has 1 aromatic heterocycles. The number of aromatic nitrogens is 2. The van der Waals surface area contributed by atoms with Gasteiger partial charge in [-0.05, 0) is 26.2 Å². The topological polar surface area (TPSA) is 79.3 Å². The van der Waals surface area contributed by atoms with E-state index in [-0.39, 0.29) is 11.8 Å². The number of nitrogens with one attached hydrogen (secondary N) is 2. The van der Waals surface area contributed by atoms with Gasteiger partial charge >= 0.3 is 0 Å². The predicted octanol–water partition coefficient (Wildman–Crippen LogP) is -0.298. The van der Waals surface area contributed by atoms with Gasteiger partial charge in [0.2, 0.25) is 5.91 Å². The van der Waals surface area contributed by atoms with Crippen LogP contribution in [-0.2, 0) is 16.6 Å². The van der Waals surface area contributed by atoms with E-state index >= 15 is 0 Å². The number of aryl methyl sites for hydroxylation is 2. The van der Waals surface area contributed by atoms with E-state index in [9.17, 15) is 9.59 Å². The van der Waals surface area contributed by atoms with Gasteiger partial charge in [0.05, 0.1) is 12.2 Å². The quantitative estimate of drug-likeness (QED) is 0.781. The molecule has 114 valence electrons. The SMILES string of the molecule is Cc1cc(N2CC[C@@H](NC(=O)CNC3CC3)C2=O)n(C)n1. The average Bonchev–Trinajstić information content (AvgIpc) is 3.12. The Kier molecular flexibility index (Phi) is 3.67. The molecule has 1 aliphatic heterocycles. The maximum atomic E-state index is 12.4. The molecular formula is C14H21N5O2. The first-order chi connectivity index (χ1) is 10.0. The van der Waals surface area contributed by atoms with E-state index in [1.54, 1.807) is 9.58 Å². The van der Waals surface area contributed by atoms with Crippen molar-refractivity contribution in [1.82, 2.24) is 20.4 Å². The molecule has 3 rings (SSSR count). The lowest BCUT2D eigenvalue weighted by Crippen LogP contribution is -2.45. The lowest BCUT2D eigenvalue weighted by atomic mass is 10.2. The molecule has 0 spiro atoms. The summed E-state index contributed by atoms with van der Waals surface area (Å²) in [4.78, 5) is 25.9. The van der Waals surface area contributed by atoms with Crippen LogP contribution in [0.25, 0.3) is 0 Å². The van der Waals surface area contributed by atoms with Crippen LogP contribution in [0, 0.1) is 6.92 Å². The summed E-state index contributed by atoms with van der Waals surface area (Å²) in [5.74, 6) is 0.617. The number of carbonyl (C=O) groups excluding carboxylic acids is 2. The van der Waals surface area contributed by atoms with Gasteiger partial charge in [0.1, 0.15) is 11.9 Å². The number of anilines is 1. The molecule has 2 aliphatic rings. The highest BCUT2D eigenvalue weighted by molar-refractivity contribution is 6.00. The van der Waals surface area contributed by atoms with E-state index in [0.29, 0.717) is 25.6 Å². The van der Waals surface area contributed by atoms with Crippen molar-refractivity contribution in [2.24, 2.45) is 7.05 Å². The minimum absolute atomic E-state index is 0.0576. The van der Waals surface area contributed by atoms with Gasteiger partial charge in [0, 0.05) is 25.7 Å². The van der Waals surface area contributed by atoms with Crippen molar-refractivity contribution in [3.8, 4) is 0 Å². The summed E-state index contributed by atoms with van der Waals surface area (Å²) in [7, 11) is 1.82. The molecule has 0 radical (unpaired) electrons. The van der Waals surface area contributed by atoms with Crippen LogP contribution < -0.4 is 15.5 Å². The zero-order chi connectivity index (χ0) is 15.0. The largest absolute Gasteiger partial charge is 0.343 e. The Morgan fingerprint density at radius 2 is 2.19 bits per heavy atom. The second-order valence-electron chi connectivity index (χ2n) is 5.82. The van der Waals surface area contributed by atoms with Crippen LogP contribution in [-0.4, -0.2) is 46.8 Å². The lowest BCUT2D eigenvalue weighted by Gasteiger charge is -2.17. The minimum atomic E-state index is -0.422. The van der Waals surface area contributed by atoms with Crippen molar-refractivity contribution < 1.29 is 9.59 Å². The maximum absolute atomic E-state index is 12.4. The highest BCUT2D eigenvalue weighted by Gasteiger charge is 2.35. The van der Waals surface area contributed by atoms with Gasteiger partial charge in [0.15, 0.2) is 0 Å². The Balaban J connectivity index is 1.57. The van der Waals surface area contributed by atoms with E-state index in [1.165, 1.54) is 0 Å². The number of hydrogen-bond acceptors (Lipinski definition) is 4. The summed E-state index contributed by atoms with van der Waals surface area (Å²) in [5.41, 5.74) is 0.876. The Hall–Kier alpha value is -1.89. The first kappa shape index (κ1) is 14.1. The highest BCUT2D eigenvalue weighted by Crippen LogP contribution is 2.22. The Morgan fingerprint density at radius 3 is 2.81 bits per heavy atom. The molecule has 21 heavy (non-hydrogen) atoms. The third-order valence-corrected chi connectivity index (χ3v) is 3.92. The number of rotatable bonds is 5. The van der Waals surface area contributed by atoms with Gasteiger partial charge in [0.25, 0.3) is 5.91 Å². The third-order valence-electron chi connectivity index (χ3n) is 3.92. The Morgan fingerprint density at radius 1 is 1.43 bits per heavy atom. The number of carbonyl (C=O) groups is 2. The van der Waals surface area contributed by atoms with Gasteiger partial charge in [-0.3, -0.25) is 19.2 Å². The van der Waals surface area contributed by atoms with Crippen molar-refractivity contribution in [3.05, 3.63) is 11.8 Å². The summed E-state index contributed by atoms with van der Waals surface area (Å²) >= 11 is 0.